The Morgan fingerprint density at radius 1 is 0.632 bits per heavy atom. The van der Waals surface area contributed by atoms with Gasteiger partial charge < -0.3 is 88.0 Å². The van der Waals surface area contributed by atoms with E-state index in [2.05, 4.69) is 73.1 Å². The van der Waals surface area contributed by atoms with Gasteiger partial charge in [-0.1, -0.05) is 36.4 Å². The van der Waals surface area contributed by atoms with Gasteiger partial charge in [-0.25, -0.2) is 18.6 Å². The number of halogens is 2. The van der Waals surface area contributed by atoms with Gasteiger partial charge in [0.2, 0.25) is 65.0 Å². The molecule has 5 heterocycles. The smallest absolute Gasteiger partial charge is 0.326 e. The first kappa shape index (κ1) is 78.1. The van der Waals surface area contributed by atoms with Crippen LogP contribution in [0.2, 0.25) is 0 Å². The average molecular weight is 1470 g/mol. The average Bonchev–Trinajstić information content (AvgIpc) is 1.61. The van der Waals surface area contributed by atoms with Crippen LogP contribution in [0.25, 0.3) is 21.8 Å². The number of nitrogens with zero attached hydrogens (tertiary/aromatic N) is 2. The van der Waals surface area contributed by atoms with Gasteiger partial charge in [-0.3, -0.25) is 57.5 Å². The number of methoxy groups -OCH3 is 1. The Balaban J connectivity index is 1.06. The molecule has 106 heavy (non-hydrogen) atoms. The highest BCUT2D eigenvalue weighted by Crippen LogP contribution is 2.32. The summed E-state index contributed by atoms with van der Waals surface area (Å²) in [5.41, 5.74) is 1.46. The Labute approximate surface area is 606 Å². The van der Waals surface area contributed by atoms with Gasteiger partial charge in [0.1, 0.15) is 71.3 Å². The number of carbonyl (C=O) groups excluding carboxylic acids is 11. The van der Waals surface area contributed by atoms with Crippen LogP contribution in [0.1, 0.15) is 106 Å². The molecule has 1 saturated heterocycles. The molecule has 2 bridgehead atoms. The predicted octanol–water partition coefficient (Wildman–Crippen LogP) is 1.73. The zero-order chi connectivity index (χ0) is 76.4. The monoisotopic (exact) mass is 1470 g/mol. The maximum Gasteiger partial charge on any atom is 0.326 e. The molecule has 562 valence electrons. The fourth-order valence-corrected chi connectivity index (χ4v) is 12.9. The molecule has 31 nitrogen and oxygen atoms in total. The minimum atomic E-state index is -2.08. The quantitative estimate of drug-likeness (QED) is 0.0781. The first-order valence-electron chi connectivity index (χ1n) is 34.5. The second kappa shape index (κ2) is 35.9. The fraction of sp³-hybridized carbons (Fsp3) is 0.397. The van der Waals surface area contributed by atoms with Crippen LogP contribution in [-0.4, -0.2) is 186 Å². The molecule has 3 aromatic heterocycles. The molecule has 11 amide bonds. The number of H-pyrrole nitrogens is 3. The molecule has 0 radical (unpaired) electrons. The number of ether oxygens (including phenoxy) is 1. The van der Waals surface area contributed by atoms with Crippen LogP contribution in [0.4, 0.5) is 8.78 Å². The summed E-state index contributed by atoms with van der Waals surface area (Å²) in [5, 5.41) is 47.4. The Morgan fingerprint density at radius 3 is 1.82 bits per heavy atom. The standard InChI is InChI=1S/C73H85F2N15O16/c1-39-64(96)84-56(28-44-35-78-52-18-14-46(74)30-50(44)52)66(98)85-57(29-45-36-79-53-19-15-47(75)31-51(45)53)67(99)87-59(33-63(94)95)69(101)86-58(32-48-37-76-38-81-48)68(100)88-60(26-41-12-16-49(106-4)17-13-41)70(102)90-24-8-22-73(90,3)72(105)89-55(71(103)104)20-21-61(92)80-34-43-10-7-9-42(25-43)27-62(93)77-23-6-5-11-54(65(97)82-39)83-40(2)91/h7,9-10,12-19,25,30-31,35-39,54-60,78-79H,5-6,8,11,20-24,26-29,32-34H2,1-4H3,(H,76,81)(H,77,93)(H,80,92)(H,82,97)(H,83,91)(H,84,96)(H,85,98)(H,86,101)(H,87,99)(H,88,100)(H,89,105)(H,94,95)(H,103,104)/t39-,54-,55+,56+,57?,58+,59+,60+,73+/m1/s1. The summed E-state index contributed by atoms with van der Waals surface area (Å²) < 4.78 is 35.3. The summed E-state index contributed by atoms with van der Waals surface area (Å²) in [5.74, 6) is -13.7. The minimum Gasteiger partial charge on any atom is -0.497 e. The molecule has 33 heteroatoms. The molecular formula is C73H85F2N15O16. The van der Waals surface area contributed by atoms with Crippen molar-refractivity contribution in [2.24, 2.45) is 0 Å². The van der Waals surface area contributed by atoms with Crippen molar-refractivity contribution >= 4 is 98.7 Å². The molecule has 15 N–H and O–H groups in total. The Bertz CT molecular complexity index is 4410. The van der Waals surface area contributed by atoms with E-state index in [1.54, 1.807) is 48.5 Å². The number of imidazole rings is 1. The predicted molar refractivity (Wildman–Crippen MR) is 377 cm³/mol. The van der Waals surface area contributed by atoms with Gasteiger partial charge in [0.05, 0.1) is 26.3 Å². The third kappa shape index (κ3) is 21.1. The first-order chi connectivity index (χ1) is 50.6. The van der Waals surface area contributed by atoms with Crippen molar-refractivity contribution in [1.82, 2.24) is 78.0 Å². The van der Waals surface area contributed by atoms with Crippen LogP contribution in [0.5, 0.6) is 5.75 Å². The highest BCUT2D eigenvalue weighted by atomic mass is 19.1. The van der Waals surface area contributed by atoms with Crippen molar-refractivity contribution in [3.63, 3.8) is 0 Å². The maximum absolute atomic E-state index is 15.3. The van der Waals surface area contributed by atoms with E-state index in [0.717, 1.165) is 6.07 Å². The van der Waals surface area contributed by atoms with Crippen molar-refractivity contribution < 1.29 is 86.1 Å². The zero-order valence-electron chi connectivity index (χ0n) is 58.6. The highest BCUT2D eigenvalue weighted by Gasteiger charge is 2.49. The number of carboxylic acids is 2. The van der Waals surface area contributed by atoms with E-state index in [1.165, 1.54) is 88.0 Å². The highest BCUT2D eigenvalue weighted by molar-refractivity contribution is 6.01. The normalized spacial score (nSPS) is 23.1. The van der Waals surface area contributed by atoms with Crippen LogP contribution in [0.15, 0.2) is 110 Å². The third-order valence-electron chi connectivity index (χ3n) is 18.6. The van der Waals surface area contributed by atoms with Gasteiger partial charge >= 0.3 is 11.9 Å². The summed E-state index contributed by atoms with van der Waals surface area (Å²) in [4.78, 5) is 197. The fourth-order valence-electron chi connectivity index (χ4n) is 12.9. The van der Waals surface area contributed by atoms with E-state index in [9.17, 15) is 57.8 Å². The van der Waals surface area contributed by atoms with E-state index in [1.807, 2.05) is 0 Å². The number of amides is 11. The molecule has 1 fully saturated rings. The maximum atomic E-state index is 15.3. The lowest BCUT2D eigenvalue weighted by Gasteiger charge is -2.37. The van der Waals surface area contributed by atoms with Crippen molar-refractivity contribution in [2.45, 2.75) is 165 Å². The largest absolute Gasteiger partial charge is 0.497 e. The molecule has 2 aliphatic rings. The van der Waals surface area contributed by atoms with Crippen LogP contribution >= 0.6 is 0 Å². The van der Waals surface area contributed by atoms with E-state index >= 15 is 23.6 Å². The van der Waals surface area contributed by atoms with Crippen LogP contribution in [-0.2, 0) is 101 Å². The van der Waals surface area contributed by atoms with Gasteiger partial charge in [-0.2, -0.15) is 0 Å². The van der Waals surface area contributed by atoms with Gasteiger partial charge in [0.15, 0.2) is 0 Å². The minimum absolute atomic E-state index is 0.0136. The second-order valence-corrected chi connectivity index (χ2v) is 26.5. The summed E-state index contributed by atoms with van der Waals surface area (Å²) in [6, 6.07) is 7.57. The number of nitrogens with one attached hydrogen (secondary N) is 13. The molecule has 0 saturated carbocycles. The molecule has 9 rings (SSSR count). The number of fused-ring (bicyclic) bond motifs is 5. The molecule has 0 spiro atoms. The first-order valence-corrected chi connectivity index (χ1v) is 34.5. The molecule has 9 atom stereocenters. The number of hydrogen-bond acceptors (Lipinski definition) is 15. The Kier molecular flexibility index (Phi) is 26.4. The lowest BCUT2D eigenvalue weighted by atomic mass is 9.95. The Morgan fingerprint density at radius 2 is 1.23 bits per heavy atom. The molecule has 2 aliphatic heterocycles. The van der Waals surface area contributed by atoms with Crippen LogP contribution < -0.4 is 57.9 Å². The van der Waals surface area contributed by atoms with Crippen LogP contribution in [0.3, 0.4) is 0 Å². The number of aromatic nitrogens is 4. The van der Waals surface area contributed by atoms with Gasteiger partial charge in [0, 0.05) is 105 Å². The van der Waals surface area contributed by atoms with E-state index in [4.69, 9.17) is 4.74 Å². The van der Waals surface area contributed by atoms with Gasteiger partial charge in [0.25, 0.3) is 0 Å². The molecule has 4 aromatic carbocycles. The van der Waals surface area contributed by atoms with Gasteiger partial charge in [-0.05, 0) is 129 Å². The lowest BCUT2D eigenvalue weighted by Crippen LogP contribution is -2.63. The number of aromatic amines is 3. The van der Waals surface area contributed by atoms with Crippen molar-refractivity contribution in [2.75, 3.05) is 20.2 Å². The summed E-state index contributed by atoms with van der Waals surface area (Å²) in [6.45, 7) is 3.99. The third-order valence-corrected chi connectivity index (χ3v) is 18.6. The van der Waals surface area contributed by atoms with E-state index < -0.39 is 162 Å². The molecule has 1 unspecified atom stereocenters. The summed E-state index contributed by atoms with van der Waals surface area (Å²) in [6.07, 6.45) is 2.80. The number of carboxylic acid groups (broad SMARTS) is 2. The van der Waals surface area contributed by atoms with E-state index in [0.29, 0.717) is 39.9 Å². The van der Waals surface area contributed by atoms with Crippen molar-refractivity contribution in [3.05, 3.63) is 155 Å². The lowest BCUT2D eigenvalue weighted by molar-refractivity contribution is -0.149. The molecule has 7 aromatic rings. The van der Waals surface area contributed by atoms with E-state index in [-0.39, 0.29) is 105 Å². The summed E-state index contributed by atoms with van der Waals surface area (Å²) >= 11 is 0. The number of benzene rings is 4. The molecule has 0 aliphatic carbocycles. The van der Waals surface area contributed by atoms with Crippen molar-refractivity contribution in [1.29, 1.82) is 0 Å². The number of rotatable bonds is 13. The number of carbonyl (C=O) groups is 13. The number of aliphatic carboxylic acids is 2. The van der Waals surface area contributed by atoms with Crippen LogP contribution in [0, 0.1) is 11.6 Å². The van der Waals surface area contributed by atoms with Crippen molar-refractivity contribution in [3.8, 4) is 5.75 Å². The topological polar surface area (TPSA) is 455 Å². The summed E-state index contributed by atoms with van der Waals surface area (Å²) in [7, 11) is 1.44. The SMILES string of the molecule is COc1ccc(C[C@@H]2NC(=O)[C@H](Cc3cnc[nH]3)NC(=O)[C@H](CC(=O)O)NC(=O)C(Cc3c[nH]c4ccc(F)cc34)NC(=O)[C@H](Cc3c[nH]c4ccc(F)cc34)NC(=O)[C@@H](C)NC(=O)[C@H](NC(C)=O)CCCCNC(=O)Cc3cccc(c3)CNC(=O)CC[C@@H](C(=O)O)NC(=O)[C@]3(C)CCCN3C2=O)cc1. The van der Waals surface area contributed by atoms with Gasteiger partial charge in [-0.15, -0.1) is 0 Å². The second-order valence-electron chi connectivity index (χ2n) is 26.5. The molecular weight excluding hydrogens is 1380 g/mol. The number of hydrogen-bond donors (Lipinski definition) is 15. The zero-order valence-corrected chi connectivity index (χ0v) is 58.6. The Hall–Kier alpha value is -12.1.